The zero-order chi connectivity index (χ0) is 15.3. The molecule has 21 heavy (non-hydrogen) atoms. The van der Waals surface area contributed by atoms with Crippen molar-refractivity contribution in [1.29, 1.82) is 0 Å². The summed E-state index contributed by atoms with van der Waals surface area (Å²) in [5.74, 6) is 0.852. The minimum absolute atomic E-state index is 0.104. The van der Waals surface area contributed by atoms with Crippen molar-refractivity contribution in [1.82, 2.24) is 15.1 Å². The van der Waals surface area contributed by atoms with Crippen LogP contribution in [-0.4, -0.2) is 36.6 Å². The second-order valence-corrected chi connectivity index (χ2v) is 5.87. The molecule has 0 bridgehead atoms. The Morgan fingerprint density at radius 1 is 1.33 bits per heavy atom. The first kappa shape index (κ1) is 16.3. The van der Waals surface area contributed by atoms with Crippen LogP contribution in [0.2, 0.25) is 0 Å². The fourth-order valence-corrected chi connectivity index (χ4v) is 3.63. The standard InChI is InChI=1S/C16H29N3O2/c1-5-11-19-14(13(20-3)12-18-19)15(17-2)16(21-4)9-7-6-8-10-16/h12,15,17H,5-11H2,1-4H3. The van der Waals surface area contributed by atoms with Crippen molar-refractivity contribution in [3.63, 3.8) is 0 Å². The lowest BCUT2D eigenvalue weighted by Crippen LogP contribution is -2.47. The van der Waals surface area contributed by atoms with Gasteiger partial charge in [-0.3, -0.25) is 4.68 Å². The maximum absolute atomic E-state index is 6.03. The summed E-state index contributed by atoms with van der Waals surface area (Å²) in [7, 11) is 5.55. The molecule has 1 N–H and O–H groups in total. The lowest BCUT2D eigenvalue weighted by Gasteiger charge is -2.42. The summed E-state index contributed by atoms with van der Waals surface area (Å²) >= 11 is 0. The third-order valence-electron chi connectivity index (χ3n) is 4.69. The fraction of sp³-hybridized carbons (Fsp3) is 0.812. The van der Waals surface area contributed by atoms with E-state index in [-0.39, 0.29) is 11.6 Å². The number of hydrogen-bond donors (Lipinski definition) is 1. The van der Waals surface area contributed by atoms with Gasteiger partial charge in [0, 0.05) is 13.7 Å². The van der Waals surface area contributed by atoms with E-state index in [1.165, 1.54) is 19.3 Å². The monoisotopic (exact) mass is 295 g/mol. The first-order valence-corrected chi connectivity index (χ1v) is 8.04. The molecule has 0 radical (unpaired) electrons. The predicted molar refractivity (Wildman–Crippen MR) is 83.7 cm³/mol. The molecule has 1 aliphatic rings. The van der Waals surface area contributed by atoms with E-state index < -0.39 is 0 Å². The first-order valence-electron chi connectivity index (χ1n) is 8.04. The van der Waals surface area contributed by atoms with Crippen LogP contribution in [0.1, 0.15) is 57.2 Å². The highest BCUT2D eigenvalue weighted by Crippen LogP contribution is 2.43. The number of ether oxygens (including phenoxy) is 2. The molecule has 0 aliphatic heterocycles. The van der Waals surface area contributed by atoms with Crippen LogP contribution in [-0.2, 0) is 11.3 Å². The van der Waals surface area contributed by atoms with E-state index in [0.717, 1.165) is 37.3 Å². The van der Waals surface area contributed by atoms with Crippen LogP contribution in [0.5, 0.6) is 5.75 Å². The molecule has 1 aliphatic carbocycles. The zero-order valence-electron chi connectivity index (χ0n) is 13.8. The van der Waals surface area contributed by atoms with Gasteiger partial charge in [-0.25, -0.2) is 0 Å². The molecule has 5 heteroatoms. The molecule has 5 nitrogen and oxygen atoms in total. The van der Waals surface area contributed by atoms with Crippen LogP contribution in [0.15, 0.2) is 6.20 Å². The van der Waals surface area contributed by atoms with E-state index >= 15 is 0 Å². The number of nitrogens with one attached hydrogen (secondary N) is 1. The highest BCUT2D eigenvalue weighted by molar-refractivity contribution is 5.31. The van der Waals surface area contributed by atoms with E-state index in [0.29, 0.717) is 0 Å². The number of aromatic nitrogens is 2. The number of likely N-dealkylation sites (N-methyl/N-ethyl adjacent to an activating group) is 1. The largest absolute Gasteiger partial charge is 0.493 e. The van der Waals surface area contributed by atoms with Crippen LogP contribution in [0.25, 0.3) is 0 Å². The average Bonchev–Trinajstić information content (AvgIpc) is 2.92. The summed E-state index contributed by atoms with van der Waals surface area (Å²) in [6.45, 7) is 3.07. The van der Waals surface area contributed by atoms with Gasteiger partial charge < -0.3 is 14.8 Å². The minimum atomic E-state index is -0.161. The van der Waals surface area contributed by atoms with Gasteiger partial charge in [-0.15, -0.1) is 0 Å². The van der Waals surface area contributed by atoms with E-state index in [4.69, 9.17) is 9.47 Å². The van der Waals surface area contributed by atoms with Gasteiger partial charge in [-0.2, -0.15) is 5.10 Å². The normalized spacial score (nSPS) is 19.4. The third kappa shape index (κ3) is 3.09. The van der Waals surface area contributed by atoms with Crippen LogP contribution in [0.4, 0.5) is 0 Å². The van der Waals surface area contributed by atoms with E-state index in [1.54, 1.807) is 7.11 Å². The minimum Gasteiger partial charge on any atom is -0.493 e. The number of hydrogen-bond acceptors (Lipinski definition) is 4. The van der Waals surface area contributed by atoms with Crippen molar-refractivity contribution in [3.8, 4) is 5.75 Å². The summed E-state index contributed by atoms with van der Waals surface area (Å²) < 4.78 is 13.7. The summed E-state index contributed by atoms with van der Waals surface area (Å²) in [6, 6.07) is 0.104. The Morgan fingerprint density at radius 2 is 2.05 bits per heavy atom. The number of aryl methyl sites for hydroxylation is 1. The van der Waals surface area contributed by atoms with Crippen LogP contribution in [0.3, 0.4) is 0 Å². The summed E-state index contributed by atoms with van der Waals surface area (Å²) in [5, 5.41) is 7.98. The Hall–Kier alpha value is -1.07. The van der Waals surface area contributed by atoms with Crippen LogP contribution in [0, 0.1) is 0 Å². The Morgan fingerprint density at radius 3 is 2.57 bits per heavy atom. The molecule has 1 heterocycles. The molecule has 0 saturated heterocycles. The fourth-order valence-electron chi connectivity index (χ4n) is 3.63. The van der Waals surface area contributed by atoms with Gasteiger partial charge in [-0.1, -0.05) is 26.2 Å². The number of methoxy groups -OCH3 is 2. The Kier molecular flexibility index (Phi) is 5.65. The van der Waals surface area contributed by atoms with Crippen molar-refractivity contribution < 1.29 is 9.47 Å². The lowest BCUT2D eigenvalue weighted by atomic mass is 9.77. The summed E-state index contributed by atoms with van der Waals surface area (Å²) in [6.07, 6.45) is 8.76. The van der Waals surface area contributed by atoms with Gasteiger partial charge in [0.05, 0.1) is 24.9 Å². The molecular formula is C16H29N3O2. The molecule has 1 saturated carbocycles. The molecule has 1 aromatic heterocycles. The highest BCUT2D eigenvalue weighted by atomic mass is 16.5. The van der Waals surface area contributed by atoms with Crippen molar-refractivity contribution in [2.24, 2.45) is 0 Å². The maximum Gasteiger partial charge on any atom is 0.161 e. The van der Waals surface area contributed by atoms with Gasteiger partial charge in [0.15, 0.2) is 5.75 Å². The third-order valence-corrected chi connectivity index (χ3v) is 4.69. The molecule has 0 aromatic carbocycles. The first-order chi connectivity index (χ1) is 10.2. The average molecular weight is 295 g/mol. The highest BCUT2D eigenvalue weighted by Gasteiger charge is 2.43. The van der Waals surface area contributed by atoms with Crippen molar-refractivity contribution in [3.05, 3.63) is 11.9 Å². The van der Waals surface area contributed by atoms with E-state index in [2.05, 4.69) is 22.0 Å². The Bertz CT molecular complexity index is 439. The number of nitrogens with zero attached hydrogens (tertiary/aromatic N) is 2. The summed E-state index contributed by atoms with van der Waals surface area (Å²) in [5.41, 5.74) is 0.955. The second kappa shape index (κ2) is 7.27. The predicted octanol–water partition coefficient (Wildman–Crippen LogP) is 2.91. The molecule has 0 spiro atoms. The van der Waals surface area contributed by atoms with Gasteiger partial charge >= 0.3 is 0 Å². The Balaban J connectivity index is 2.41. The van der Waals surface area contributed by atoms with E-state index in [9.17, 15) is 0 Å². The zero-order valence-corrected chi connectivity index (χ0v) is 13.8. The SMILES string of the molecule is CCCn1ncc(OC)c1C(NC)C1(OC)CCCCC1. The summed E-state index contributed by atoms with van der Waals surface area (Å²) in [4.78, 5) is 0. The smallest absolute Gasteiger partial charge is 0.161 e. The maximum atomic E-state index is 6.03. The van der Waals surface area contributed by atoms with Gasteiger partial charge in [-0.05, 0) is 26.3 Å². The van der Waals surface area contributed by atoms with E-state index in [1.807, 2.05) is 20.4 Å². The Labute approximate surface area is 128 Å². The molecule has 0 amide bonds. The lowest BCUT2D eigenvalue weighted by molar-refractivity contribution is -0.0694. The molecule has 120 valence electrons. The van der Waals surface area contributed by atoms with Gasteiger partial charge in [0.25, 0.3) is 0 Å². The number of rotatable bonds is 7. The van der Waals surface area contributed by atoms with Crippen LogP contribution >= 0.6 is 0 Å². The molecule has 1 atom stereocenters. The van der Waals surface area contributed by atoms with Crippen molar-refractivity contribution in [2.45, 2.75) is 63.6 Å². The molecular weight excluding hydrogens is 266 g/mol. The van der Waals surface area contributed by atoms with Gasteiger partial charge in [0.1, 0.15) is 5.69 Å². The van der Waals surface area contributed by atoms with Crippen molar-refractivity contribution in [2.75, 3.05) is 21.3 Å². The van der Waals surface area contributed by atoms with Crippen molar-refractivity contribution >= 4 is 0 Å². The molecule has 1 fully saturated rings. The quantitative estimate of drug-likeness (QED) is 0.840. The van der Waals surface area contributed by atoms with Crippen LogP contribution < -0.4 is 10.1 Å². The van der Waals surface area contributed by atoms with Gasteiger partial charge in [0.2, 0.25) is 0 Å². The topological polar surface area (TPSA) is 48.3 Å². The molecule has 2 rings (SSSR count). The second-order valence-electron chi connectivity index (χ2n) is 5.87. The molecule has 1 unspecified atom stereocenters. The molecule has 1 aromatic rings.